The van der Waals surface area contributed by atoms with Crippen molar-refractivity contribution in [1.29, 1.82) is 0 Å². The van der Waals surface area contributed by atoms with Gasteiger partial charge in [0, 0.05) is 51.5 Å². The van der Waals surface area contributed by atoms with Crippen LogP contribution in [0.5, 0.6) is 0 Å². The van der Waals surface area contributed by atoms with E-state index < -0.39 is 5.95 Å². The summed E-state index contributed by atoms with van der Waals surface area (Å²) in [6.07, 6.45) is 0. The average Bonchev–Trinajstić information content (AvgIpc) is 2.89. The number of nitrogens with one attached hydrogen (secondary N) is 1. The van der Waals surface area contributed by atoms with Crippen LogP contribution in [0.3, 0.4) is 0 Å². The van der Waals surface area contributed by atoms with Gasteiger partial charge in [0.15, 0.2) is 0 Å². The Bertz CT molecular complexity index is 925. The van der Waals surface area contributed by atoms with Crippen LogP contribution in [0.4, 0.5) is 21.8 Å². The highest BCUT2D eigenvalue weighted by Gasteiger charge is 2.15. The van der Waals surface area contributed by atoms with Crippen molar-refractivity contribution >= 4 is 89.6 Å². The zero-order chi connectivity index (χ0) is 27.2. The van der Waals surface area contributed by atoms with Crippen LogP contribution in [0.25, 0.3) is 0 Å². The highest BCUT2D eigenvalue weighted by molar-refractivity contribution is 14.1. The van der Waals surface area contributed by atoms with Gasteiger partial charge >= 0.3 is 0 Å². The Labute approximate surface area is 271 Å². The van der Waals surface area contributed by atoms with E-state index in [1.807, 2.05) is 24.0 Å². The molecule has 5 N–H and O–H groups in total. The Balaban J connectivity index is 0.000000617. The summed E-state index contributed by atoms with van der Waals surface area (Å²) in [7, 11) is 0. The lowest BCUT2D eigenvalue weighted by Crippen LogP contribution is -2.37. The summed E-state index contributed by atoms with van der Waals surface area (Å²) in [5, 5.41) is 20.3. The van der Waals surface area contributed by atoms with Crippen LogP contribution in [0, 0.1) is 13.1 Å². The second-order valence-electron chi connectivity index (χ2n) is 8.58. The normalized spacial score (nSPS) is 16.2. The predicted octanol–water partition coefficient (Wildman–Crippen LogP) is 2.53. The molecule has 0 unspecified atom stereocenters. The zero-order valence-electron chi connectivity index (χ0n) is 22.2. The number of morpholine rings is 2. The van der Waals surface area contributed by atoms with Crippen molar-refractivity contribution in [1.82, 2.24) is 9.97 Å². The first kappa shape index (κ1) is 38.6. The summed E-state index contributed by atoms with van der Waals surface area (Å²) in [5.41, 5.74) is 5.04. The molecule has 0 spiro atoms. The quantitative estimate of drug-likeness (QED) is 0.256. The van der Waals surface area contributed by atoms with E-state index in [1.165, 1.54) is 6.07 Å². The number of hydrogen-bond donors (Lipinski definition) is 4. The first-order valence-electron chi connectivity index (χ1n) is 12.1. The van der Waals surface area contributed by atoms with Crippen LogP contribution in [-0.4, -0.2) is 98.1 Å². The average molecular weight is 815 g/mol. The molecule has 2 aromatic heterocycles. The maximum Gasteiger partial charge on any atom is 0.215 e. The maximum atomic E-state index is 13.0. The van der Waals surface area contributed by atoms with Gasteiger partial charge in [0.05, 0.1) is 39.6 Å². The predicted molar refractivity (Wildman–Crippen MR) is 182 cm³/mol. The Morgan fingerprint density at radius 1 is 0.872 bits per heavy atom. The van der Waals surface area contributed by atoms with Gasteiger partial charge in [0.1, 0.15) is 17.5 Å². The monoisotopic (exact) mass is 814 g/mol. The molecular formula is C24H41FI2N6O4S2. The zero-order valence-corrected chi connectivity index (χ0v) is 28.6. The number of halogens is 3. The summed E-state index contributed by atoms with van der Waals surface area (Å²) in [5.74, 6) is 2.07. The number of anilines is 3. The third-order valence-electron chi connectivity index (χ3n) is 5.15. The van der Waals surface area contributed by atoms with E-state index in [-0.39, 0.29) is 52.3 Å². The Hall–Kier alpha value is -0.410. The highest BCUT2D eigenvalue weighted by Crippen LogP contribution is 2.21. The van der Waals surface area contributed by atoms with E-state index in [4.69, 9.17) is 25.4 Å². The molecule has 4 rings (SSSR count). The van der Waals surface area contributed by atoms with Crippen LogP contribution in [0.2, 0.25) is 0 Å². The largest absolute Gasteiger partial charge is 0.395 e. The van der Waals surface area contributed by atoms with E-state index in [1.54, 1.807) is 6.92 Å². The van der Waals surface area contributed by atoms with Crippen molar-refractivity contribution in [3.05, 3.63) is 37.4 Å². The number of hydrogen-bond acceptors (Lipinski definition) is 10. The number of aliphatic hydroxyl groups excluding tert-OH is 2. The van der Waals surface area contributed by atoms with Gasteiger partial charge in [-0.25, -0.2) is 9.97 Å². The first-order valence-corrected chi connectivity index (χ1v) is 14.3. The molecule has 0 saturated carbocycles. The van der Waals surface area contributed by atoms with Gasteiger partial charge in [-0.1, -0.05) is 0 Å². The van der Waals surface area contributed by atoms with Gasteiger partial charge in [-0.3, -0.25) is 0 Å². The fourth-order valence-electron chi connectivity index (χ4n) is 3.22. The molecule has 39 heavy (non-hydrogen) atoms. The fraction of sp³-hybridized carbons (Fsp3) is 0.583. The van der Waals surface area contributed by atoms with Crippen LogP contribution in [0.15, 0.2) is 24.3 Å². The summed E-state index contributed by atoms with van der Waals surface area (Å²) in [6.45, 7) is 10.1. The topological polar surface area (TPSA) is 129 Å². The Morgan fingerprint density at radius 3 is 1.72 bits per heavy atom. The molecular weight excluding hydrogens is 773 g/mol. The molecule has 4 heterocycles. The van der Waals surface area contributed by atoms with Gasteiger partial charge in [0.2, 0.25) is 5.95 Å². The molecule has 15 heteroatoms. The molecule has 2 aromatic rings. The number of rotatable bonds is 6. The Kier molecular flexibility index (Phi) is 21.1. The van der Waals surface area contributed by atoms with Crippen molar-refractivity contribution in [3.8, 4) is 0 Å². The molecule has 0 aromatic carbocycles. The van der Waals surface area contributed by atoms with E-state index in [9.17, 15) is 4.39 Å². The number of ether oxygens (including phenoxy) is 2. The minimum atomic E-state index is -0.418. The molecule has 2 aliphatic heterocycles. The molecule has 0 bridgehead atoms. The molecule has 2 fully saturated rings. The van der Waals surface area contributed by atoms with E-state index in [0.29, 0.717) is 19.0 Å². The summed E-state index contributed by atoms with van der Waals surface area (Å²) < 4.78 is 25.6. The van der Waals surface area contributed by atoms with Crippen molar-refractivity contribution in [2.24, 2.45) is 5.73 Å². The second kappa shape index (κ2) is 21.3. The lowest BCUT2D eigenvalue weighted by molar-refractivity contribution is 0.122. The third-order valence-corrected chi connectivity index (χ3v) is 6.39. The summed E-state index contributed by atoms with van der Waals surface area (Å²) in [4.78, 5) is 12.7. The summed E-state index contributed by atoms with van der Waals surface area (Å²) >= 11 is 4.37. The van der Waals surface area contributed by atoms with Gasteiger partial charge in [-0.15, -0.1) is 0 Å². The van der Waals surface area contributed by atoms with E-state index >= 15 is 0 Å². The van der Waals surface area contributed by atoms with Gasteiger partial charge in [-0.2, -0.15) is 31.4 Å². The van der Waals surface area contributed by atoms with E-state index in [2.05, 4.69) is 71.4 Å². The lowest BCUT2D eigenvalue weighted by Gasteiger charge is -2.28. The molecule has 0 radical (unpaired) electrons. The van der Waals surface area contributed by atoms with Gasteiger partial charge in [-0.05, 0) is 77.2 Å². The minimum Gasteiger partial charge on any atom is -0.395 e. The fourth-order valence-corrected chi connectivity index (χ4v) is 4.33. The van der Waals surface area contributed by atoms with Crippen LogP contribution < -0.4 is 20.9 Å². The molecule has 0 aliphatic carbocycles. The Morgan fingerprint density at radius 2 is 1.31 bits per heavy atom. The van der Waals surface area contributed by atoms with Crippen molar-refractivity contribution in [2.45, 2.75) is 25.9 Å². The van der Waals surface area contributed by atoms with E-state index in [0.717, 1.165) is 58.2 Å². The number of pyridine rings is 2. The SMILES string of the molecule is C[C@@H](CO)Nc1cc(I)cc(N2CCOCC2)n1.C[C@H](N)CO.Fc1cc(I)cc(N2CCOCC2)n1.S.S. The molecule has 224 valence electrons. The number of aliphatic hydroxyl groups is 2. The van der Waals surface area contributed by atoms with Crippen LogP contribution in [0.1, 0.15) is 13.8 Å². The van der Waals surface area contributed by atoms with Crippen molar-refractivity contribution in [2.75, 3.05) is 80.9 Å². The number of nitrogens with two attached hydrogens (primary N) is 1. The third kappa shape index (κ3) is 15.4. The van der Waals surface area contributed by atoms with Crippen LogP contribution >= 0.6 is 72.2 Å². The highest BCUT2D eigenvalue weighted by atomic mass is 127. The maximum absolute atomic E-state index is 13.0. The molecule has 0 amide bonds. The van der Waals surface area contributed by atoms with Crippen molar-refractivity contribution in [3.63, 3.8) is 0 Å². The molecule has 2 aliphatic rings. The number of aromatic nitrogens is 2. The van der Waals surface area contributed by atoms with Crippen LogP contribution in [-0.2, 0) is 9.47 Å². The lowest BCUT2D eigenvalue weighted by atomic mass is 10.3. The first-order chi connectivity index (χ1) is 17.7. The molecule has 2 atom stereocenters. The summed E-state index contributed by atoms with van der Waals surface area (Å²) in [6, 6.07) is 7.31. The minimum absolute atomic E-state index is 0. The van der Waals surface area contributed by atoms with Gasteiger partial charge in [0.25, 0.3) is 0 Å². The number of nitrogens with zero attached hydrogens (tertiary/aromatic N) is 4. The van der Waals surface area contributed by atoms with Crippen molar-refractivity contribution < 1.29 is 24.1 Å². The molecule has 10 nitrogen and oxygen atoms in total. The second-order valence-corrected chi connectivity index (χ2v) is 11.1. The van der Waals surface area contributed by atoms with Gasteiger partial charge < -0.3 is 40.5 Å². The molecule has 2 saturated heterocycles. The smallest absolute Gasteiger partial charge is 0.215 e. The standard InChI is InChI=1S/C12H18IN3O2.C9H10FIN2O.C3H9NO.2H2S/c1-9(8-17)14-11-6-10(13)7-12(15-11)16-2-4-18-5-3-16;10-8-5-7(11)6-9(12-8)13-1-3-14-4-2-13;1-3(4)2-5;;/h6-7,9,17H,2-5,8H2,1H3,(H,14,15);5-6H,1-4H2;3,5H,2,4H2,1H3;2*1H2/t9-;;3-;;/m0.0../s1.